The fourth-order valence-electron chi connectivity index (χ4n) is 0.842. The van der Waals surface area contributed by atoms with Crippen molar-refractivity contribution in [1.29, 1.82) is 0 Å². The molecular formula is C8H8N4O2S. The highest BCUT2D eigenvalue weighted by Crippen LogP contribution is 2.11. The van der Waals surface area contributed by atoms with Crippen LogP contribution in [0.2, 0.25) is 0 Å². The lowest BCUT2D eigenvalue weighted by atomic mass is 10.3. The van der Waals surface area contributed by atoms with Gasteiger partial charge in [-0.1, -0.05) is 11.2 Å². The highest BCUT2D eigenvalue weighted by Gasteiger charge is 2.06. The number of carbonyl (C=O) groups is 1. The highest BCUT2D eigenvalue weighted by molar-refractivity contribution is 7.11. The standard InChI is InChI=1S/C8H8N4O2S/c9-12-10-4-2-1-3-6-5-15-7(11-6)8(13)14/h1,3,5H,2,4H2,(H,13,14). The molecule has 0 saturated heterocycles. The molecule has 0 spiro atoms. The summed E-state index contributed by atoms with van der Waals surface area (Å²) in [7, 11) is 0. The third kappa shape index (κ3) is 3.80. The molecule has 78 valence electrons. The Morgan fingerprint density at radius 3 is 3.20 bits per heavy atom. The Bertz CT molecular complexity index is 420. The molecule has 0 aliphatic rings. The van der Waals surface area contributed by atoms with Gasteiger partial charge < -0.3 is 5.11 Å². The number of hydrogen-bond acceptors (Lipinski definition) is 4. The molecule has 1 aromatic rings. The van der Waals surface area contributed by atoms with Gasteiger partial charge in [0, 0.05) is 16.8 Å². The first-order valence-corrected chi connectivity index (χ1v) is 4.98. The van der Waals surface area contributed by atoms with Crippen molar-refractivity contribution in [3.8, 4) is 0 Å². The Morgan fingerprint density at radius 2 is 2.60 bits per heavy atom. The summed E-state index contributed by atoms with van der Waals surface area (Å²) in [6.45, 7) is 0.392. The Kier molecular flexibility index (Phi) is 4.33. The van der Waals surface area contributed by atoms with Gasteiger partial charge in [-0.05, 0) is 18.0 Å². The monoisotopic (exact) mass is 224 g/mol. The predicted molar refractivity (Wildman–Crippen MR) is 56.7 cm³/mol. The zero-order valence-corrected chi connectivity index (χ0v) is 8.52. The molecule has 1 heterocycles. The maximum Gasteiger partial charge on any atom is 0.365 e. The molecule has 1 rings (SSSR count). The molecule has 1 aromatic heterocycles. The van der Waals surface area contributed by atoms with Crippen molar-refractivity contribution in [2.24, 2.45) is 5.11 Å². The Balaban J connectivity index is 2.49. The summed E-state index contributed by atoms with van der Waals surface area (Å²) in [6, 6.07) is 0. The van der Waals surface area contributed by atoms with Crippen LogP contribution < -0.4 is 0 Å². The molecule has 0 bridgehead atoms. The maximum atomic E-state index is 10.5. The van der Waals surface area contributed by atoms with Gasteiger partial charge in [-0.2, -0.15) is 0 Å². The van der Waals surface area contributed by atoms with E-state index in [9.17, 15) is 4.79 Å². The quantitative estimate of drug-likeness (QED) is 0.360. The van der Waals surface area contributed by atoms with E-state index >= 15 is 0 Å². The Morgan fingerprint density at radius 1 is 1.80 bits per heavy atom. The molecule has 0 aromatic carbocycles. The van der Waals surface area contributed by atoms with E-state index < -0.39 is 5.97 Å². The van der Waals surface area contributed by atoms with Gasteiger partial charge in [-0.15, -0.1) is 11.3 Å². The topological polar surface area (TPSA) is 99.0 Å². The molecule has 15 heavy (non-hydrogen) atoms. The molecule has 0 fully saturated rings. The van der Waals surface area contributed by atoms with E-state index in [1.807, 2.05) is 0 Å². The van der Waals surface area contributed by atoms with Crippen molar-refractivity contribution >= 4 is 23.4 Å². The van der Waals surface area contributed by atoms with E-state index in [1.54, 1.807) is 17.5 Å². The number of aromatic carboxylic acids is 1. The number of thiazole rings is 1. The lowest BCUT2D eigenvalue weighted by Gasteiger charge is -1.84. The normalized spacial score (nSPS) is 10.1. The second kappa shape index (κ2) is 5.79. The van der Waals surface area contributed by atoms with Gasteiger partial charge in [-0.25, -0.2) is 9.78 Å². The summed E-state index contributed by atoms with van der Waals surface area (Å²) in [5.41, 5.74) is 8.61. The molecule has 0 radical (unpaired) electrons. The van der Waals surface area contributed by atoms with E-state index in [4.69, 9.17) is 10.6 Å². The lowest BCUT2D eigenvalue weighted by molar-refractivity contribution is 0.0696. The SMILES string of the molecule is [N-]=[N+]=NCCC=Cc1csc(C(=O)O)n1. The highest BCUT2D eigenvalue weighted by atomic mass is 32.1. The van der Waals surface area contributed by atoms with E-state index in [0.29, 0.717) is 18.7 Å². The van der Waals surface area contributed by atoms with Crippen LogP contribution in [-0.2, 0) is 0 Å². The first kappa shape index (κ1) is 11.2. The number of hydrogen-bond donors (Lipinski definition) is 1. The fourth-order valence-corrected chi connectivity index (χ4v) is 1.46. The van der Waals surface area contributed by atoms with E-state index in [-0.39, 0.29) is 5.01 Å². The van der Waals surface area contributed by atoms with Crippen LogP contribution in [0, 0.1) is 0 Å². The zero-order valence-electron chi connectivity index (χ0n) is 7.70. The third-order valence-corrected chi connectivity index (χ3v) is 2.30. The van der Waals surface area contributed by atoms with E-state index in [2.05, 4.69) is 15.0 Å². The minimum atomic E-state index is -1.02. The van der Waals surface area contributed by atoms with Gasteiger partial charge in [0.25, 0.3) is 0 Å². The summed E-state index contributed by atoms with van der Waals surface area (Å²) in [4.78, 5) is 17.0. The predicted octanol–water partition coefficient (Wildman–Crippen LogP) is 2.55. The number of carboxylic acid groups (broad SMARTS) is 1. The van der Waals surface area contributed by atoms with Gasteiger partial charge >= 0.3 is 5.97 Å². The zero-order chi connectivity index (χ0) is 11.1. The van der Waals surface area contributed by atoms with Crippen LogP contribution in [0.3, 0.4) is 0 Å². The molecule has 7 heteroatoms. The van der Waals surface area contributed by atoms with Crippen LogP contribution in [-0.4, -0.2) is 22.6 Å². The first-order chi connectivity index (χ1) is 7.24. The number of carboxylic acids is 1. The number of aromatic nitrogens is 1. The molecule has 0 atom stereocenters. The van der Waals surface area contributed by atoms with Crippen LogP contribution in [0.4, 0.5) is 0 Å². The van der Waals surface area contributed by atoms with Crippen molar-refractivity contribution in [3.05, 3.63) is 32.6 Å². The van der Waals surface area contributed by atoms with Crippen molar-refractivity contribution < 1.29 is 9.90 Å². The number of azide groups is 1. The summed E-state index contributed by atoms with van der Waals surface area (Å²) in [6.07, 6.45) is 4.11. The van der Waals surface area contributed by atoms with Crippen LogP contribution >= 0.6 is 11.3 Å². The molecule has 0 aliphatic carbocycles. The van der Waals surface area contributed by atoms with Crippen LogP contribution in [0.5, 0.6) is 0 Å². The molecular weight excluding hydrogens is 216 g/mol. The Hall–Kier alpha value is -1.85. The summed E-state index contributed by atoms with van der Waals surface area (Å²) in [5, 5.41) is 13.7. The minimum Gasteiger partial charge on any atom is -0.476 e. The van der Waals surface area contributed by atoms with Crippen LogP contribution in [0.15, 0.2) is 16.6 Å². The van der Waals surface area contributed by atoms with E-state index in [1.165, 1.54) is 0 Å². The van der Waals surface area contributed by atoms with E-state index in [0.717, 1.165) is 11.3 Å². The summed E-state index contributed by atoms with van der Waals surface area (Å²) >= 11 is 1.08. The van der Waals surface area contributed by atoms with Gasteiger partial charge in [0.1, 0.15) is 0 Å². The van der Waals surface area contributed by atoms with Gasteiger partial charge in [-0.3, -0.25) is 0 Å². The third-order valence-electron chi connectivity index (χ3n) is 1.45. The fraction of sp³-hybridized carbons (Fsp3) is 0.250. The average molecular weight is 224 g/mol. The minimum absolute atomic E-state index is 0.0738. The molecule has 0 aliphatic heterocycles. The van der Waals surface area contributed by atoms with Crippen molar-refractivity contribution in [2.75, 3.05) is 6.54 Å². The smallest absolute Gasteiger partial charge is 0.365 e. The largest absolute Gasteiger partial charge is 0.476 e. The lowest BCUT2D eigenvalue weighted by Crippen LogP contribution is -1.93. The molecule has 0 amide bonds. The van der Waals surface area contributed by atoms with Crippen LogP contribution in [0.25, 0.3) is 16.5 Å². The van der Waals surface area contributed by atoms with Crippen molar-refractivity contribution in [3.63, 3.8) is 0 Å². The molecule has 0 saturated carbocycles. The first-order valence-electron chi connectivity index (χ1n) is 4.10. The Labute approximate surface area is 89.5 Å². The van der Waals surface area contributed by atoms with Crippen molar-refractivity contribution in [1.82, 2.24) is 4.98 Å². The van der Waals surface area contributed by atoms with Crippen molar-refractivity contribution in [2.45, 2.75) is 6.42 Å². The average Bonchev–Trinajstić information content (AvgIpc) is 2.66. The number of nitrogens with zero attached hydrogens (tertiary/aromatic N) is 4. The molecule has 6 nitrogen and oxygen atoms in total. The summed E-state index contributed by atoms with van der Waals surface area (Å²) < 4.78 is 0. The van der Waals surface area contributed by atoms with Gasteiger partial charge in [0.2, 0.25) is 5.01 Å². The maximum absolute atomic E-state index is 10.5. The van der Waals surface area contributed by atoms with Gasteiger partial charge in [0.05, 0.1) is 5.69 Å². The molecule has 0 unspecified atom stereocenters. The summed E-state index contributed by atoms with van der Waals surface area (Å²) in [5.74, 6) is -1.02. The molecule has 1 N–H and O–H groups in total. The second-order valence-corrected chi connectivity index (χ2v) is 3.39. The number of rotatable bonds is 5. The van der Waals surface area contributed by atoms with Crippen LogP contribution in [0.1, 0.15) is 21.9 Å². The van der Waals surface area contributed by atoms with Gasteiger partial charge in [0.15, 0.2) is 0 Å². The second-order valence-electron chi connectivity index (χ2n) is 2.53.